The van der Waals surface area contributed by atoms with E-state index in [1.54, 1.807) is 20.8 Å². The lowest BCUT2D eigenvalue weighted by Gasteiger charge is -2.26. The average molecular weight is 336 g/mol. The van der Waals surface area contributed by atoms with Gasteiger partial charge in [0.25, 0.3) is 5.91 Å². The maximum Gasteiger partial charge on any atom is 0.311 e. The molecule has 0 saturated carbocycles. The Hall–Kier alpha value is -2.11. The first-order chi connectivity index (χ1) is 11.2. The van der Waals surface area contributed by atoms with Gasteiger partial charge in [-0.05, 0) is 38.7 Å². The second-order valence-corrected chi connectivity index (χ2v) is 6.26. The van der Waals surface area contributed by atoms with Crippen LogP contribution in [0.2, 0.25) is 0 Å². The van der Waals surface area contributed by atoms with Gasteiger partial charge in [-0.1, -0.05) is 27.2 Å². The normalized spacial score (nSPS) is 11.4. The van der Waals surface area contributed by atoms with Crippen molar-refractivity contribution in [2.75, 3.05) is 6.54 Å². The fourth-order valence-electron chi connectivity index (χ4n) is 3.06. The molecule has 1 aromatic heterocycles. The Morgan fingerprint density at radius 2 is 1.75 bits per heavy atom. The Bertz CT molecular complexity index is 627. The number of amides is 1. The largest absolute Gasteiger partial charge is 0.481 e. The van der Waals surface area contributed by atoms with Gasteiger partial charge < -0.3 is 15.4 Å². The van der Waals surface area contributed by atoms with Crippen molar-refractivity contribution in [2.45, 2.75) is 60.3 Å². The van der Waals surface area contributed by atoms with Crippen molar-refractivity contribution in [3.8, 4) is 0 Å². The maximum atomic E-state index is 12.6. The van der Waals surface area contributed by atoms with Crippen LogP contribution >= 0.6 is 0 Å². The molecule has 0 aliphatic rings. The number of hydrogen-bond donors (Lipinski definition) is 3. The zero-order valence-electron chi connectivity index (χ0n) is 15.2. The van der Waals surface area contributed by atoms with Gasteiger partial charge in [0.15, 0.2) is 5.78 Å². The Labute approximate surface area is 143 Å². The van der Waals surface area contributed by atoms with E-state index in [1.807, 2.05) is 6.92 Å². The minimum Gasteiger partial charge on any atom is -0.481 e. The Balaban J connectivity index is 3.10. The van der Waals surface area contributed by atoms with Crippen LogP contribution in [0.5, 0.6) is 0 Å². The van der Waals surface area contributed by atoms with Crippen molar-refractivity contribution < 1.29 is 19.5 Å². The van der Waals surface area contributed by atoms with Crippen LogP contribution in [0.25, 0.3) is 0 Å². The number of aryl methyl sites for hydroxylation is 1. The maximum absolute atomic E-state index is 12.6. The van der Waals surface area contributed by atoms with Gasteiger partial charge in [-0.2, -0.15) is 0 Å². The van der Waals surface area contributed by atoms with E-state index in [1.165, 1.54) is 6.92 Å². The van der Waals surface area contributed by atoms with Gasteiger partial charge in [-0.15, -0.1) is 0 Å². The lowest BCUT2D eigenvalue weighted by molar-refractivity contribution is -0.149. The second-order valence-electron chi connectivity index (χ2n) is 6.26. The first-order valence-electron chi connectivity index (χ1n) is 8.48. The van der Waals surface area contributed by atoms with E-state index in [0.717, 1.165) is 6.42 Å². The number of rotatable bonds is 9. The topological polar surface area (TPSA) is 99.3 Å². The number of H-pyrrole nitrogens is 1. The summed E-state index contributed by atoms with van der Waals surface area (Å²) < 4.78 is 0. The predicted molar refractivity (Wildman–Crippen MR) is 92.5 cm³/mol. The van der Waals surface area contributed by atoms with Gasteiger partial charge in [0.05, 0.1) is 5.41 Å². The molecule has 6 heteroatoms. The molecule has 0 aromatic carbocycles. The third kappa shape index (κ3) is 3.86. The average Bonchev–Trinajstić information content (AvgIpc) is 2.85. The fraction of sp³-hybridized carbons (Fsp3) is 0.611. The SMILES string of the molecule is CCCc1c(C(=O)NCC(CC)(CC)C(=O)O)[nH]c(C)c1C(C)=O. The van der Waals surface area contributed by atoms with Crippen LogP contribution in [0.3, 0.4) is 0 Å². The molecule has 0 saturated heterocycles. The van der Waals surface area contributed by atoms with Crippen LogP contribution < -0.4 is 5.32 Å². The van der Waals surface area contributed by atoms with Gasteiger partial charge in [0.2, 0.25) is 0 Å². The van der Waals surface area contributed by atoms with Crippen LogP contribution in [0.4, 0.5) is 0 Å². The molecule has 24 heavy (non-hydrogen) atoms. The van der Waals surface area contributed by atoms with E-state index in [4.69, 9.17) is 0 Å². The molecular weight excluding hydrogens is 308 g/mol. The summed E-state index contributed by atoms with van der Waals surface area (Å²) in [7, 11) is 0. The zero-order valence-corrected chi connectivity index (χ0v) is 15.2. The number of carboxylic acids is 1. The number of ketones is 1. The summed E-state index contributed by atoms with van der Waals surface area (Å²) in [5.41, 5.74) is 1.36. The molecule has 0 atom stereocenters. The zero-order chi connectivity index (χ0) is 18.5. The van der Waals surface area contributed by atoms with Gasteiger partial charge in [0.1, 0.15) is 5.69 Å². The number of carbonyl (C=O) groups is 3. The fourth-order valence-corrected chi connectivity index (χ4v) is 3.06. The summed E-state index contributed by atoms with van der Waals surface area (Å²) in [6.07, 6.45) is 2.29. The number of aromatic amines is 1. The third-order valence-corrected chi connectivity index (χ3v) is 4.76. The molecule has 1 aromatic rings. The van der Waals surface area contributed by atoms with Gasteiger partial charge in [-0.3, -0.25) is 14.4 Å². The molecule has 3 N–H and O–H groups in total. The summed E-state index contributed by atoms with van der Waals surface area (Å²) in [4.78, 5) is 39.0. The minimum absolute atomic E-state index is 0.0627. The summed E-state index contributed by atoms with van der Waals surface area (Å²) in [6.45, 7) is 8.91. The molecule has 0 aliphatic heterocycles. The molecule has 0 fully saturated rings. The summed E-state index contributed by atoms with van der Waals surface area (Å²) >= 11 is 0. The predicted octanol–water partition coefficient (Wildman–Crippen LogP) is 3.10. The van der Waals surface area contributed by atoms with Crippen molar-refractivity contribution >= 4 is 17.7 Å². The number of Topliss-reactive ketones (excluding diaryl/α,β-unsaturated/α-hetero) is 1. The van der Waals surface area contributed by atoms with Crippen molar-refractivity contribution in [3.05, 3.63) is 22.5 Å². The van der Waals surface area contributed by atoms with Gasteiger partial charge in [0, 0.05) is 17.8 Å². The molecule has 6 nitrogen and oxygen atoms in total. The standard InChI is InChI=1S/C18H28N2O4/c1-6-9-13-14(12(5)21)11(4)20-15(13)16(22)19-10-18(7-2,8-3)17(23)24/h20H,6-10H2,1-5H3,(H,19,22)(H,23,24). The lowest BCUT2D eigenvalue weighted by Crippen LogP contribution is -2.42. The molecule has 0 bridgehead atoms. The van der Waals surface area contributed by atoms with Gasteiger partial charge >= 0.3 is 5.97 Å². The highest BCUT2D eigenvalue weighted by Crippen LogP contribution is 2.26. The van der Waals surface area contributed by atoms with E-state index in [2.05, 4.69) is 10.3 Å². The van der Waals surface area contributed by atoms with Crippen LogP contribution in [-0.4, -0.2) is 34.3 Å². The molecular formula is C18H28N2O4. The van der Waals surface area contributed by atoms with E-state index in [0.29, 0.717) is 41.8 Å². The molecule has 0 unspecified atom stereocenters. The van der Waals surface area contributed by atoms with Crippen LogP contribution in [0.15, 0.2) is 0 Å². The van der Waals surface area contributed by atoms with Crippen molar-refractivity contribution in [3.63, 3.8) is 0 Å². The number of hydrogen-bond acceptors (Lipinski definition) is 3. The van der Waals surface area contributed by atoms with Crippen LogP contribution in [0.1, 0.15) is 79.1 Å². The molecule has 0 aliphatic carbocycles. The number of aromatic nitrogens is 1. The van der Waals surface area contributed by atoms with Crippen molar-refractivity contribution in [2.24, 2.45) is 5.41 Å². The number of aliphatic carboxylic acids is 1. The van der Waals surface area contributed by atoms with E-state index in [-0.39, 0.29) is 18.2 Å². The Morgan fingerprint density at radius 1 is 1.17 bits per heavy atom. The number of carbonyl (C=O) groups excluding carboxylic acids is 2. The summed E-state index contributed by atoms with van der Waals surface area (Å²) in [5, 5.41) is 12.2. The molecule has 1 heterocycles. The van der Waals surface area contributed by atoms with Crippen molar-refractivity contribution in [1.29, 1.82) is 0 Å². The molecule has 134 valence electrons. The second kappa shape index (κ2) is 8.13. The highest BCUT2D eigenvalue weighted by molar-refractivity contribution is 6.02. The highest BCUT2D eigenvalue weighted by atomic mass is 16.4. The molecule has 1 amide bonds. The number of nitrogens with one attached hydrogen (secondary N) is 2. The first-order valence-corrected chi connectivity index (χ1v) is 8.48. The van der Waals surface area contributed by atoms with E-state index < -0.39 is 11.4 Å². The number of carboxylic acid groups (broad SMARTS) is 1. The van der Waals surface area contributed by atoms with Crippen LogP contribution in [-0.2, 0) is 11.2 Å². The van der Waals surface area contributed by atoms with Crippen molar-refractivity contribution in [1.82, 2.24) is 10.3 Å². The minimum atomic E-state index is -0.967. The molecule has 0 spiro atoms. The van der Waals surface area contributed by atoms with E-state index in [9.17, 15) is 19.5 Å². The molecule has 0 radical (unpaired) electrons. The summed E-state index contributed by atoms with van der Waals surface area (Å²) in [5.74, 6) is -1.34. The smallest absolute Gasteiger partial charge is 0.311 e. The Morgan fingerprint density at radius 3 is 2.17 bits per heavy atom. The summed E-state index contributed by atoms with van der Waals surface area (Å²) in [6, 6.07) is 0. The van der Waals surface area contributed by atoms with Gasteiger partial charge in [-0.25, -0.2) is 0 Å². The highest BCUT2D eigenvalue weighted by Gasteiger charge is 2.35. The third-order valence-electron chi connectivity index (χ3n) is 4.76. The first kappa shape index (κ1) is 19.9. The van der Waals surface area contributed by atoms with Crippen LogP contribution in [0, 0.1) is 12.3 Å². The Kier molecular flexibility index (Phi) is 6.75. The quantitative estimate of drug-likeness (QED) is 0.603. The lowest BCUT2D eigenvalue weighted by atomic mass is 9.82. The monoisotopic (exact) mass is 336 g/mol. The molecule has 1 rings (SSSR count). The van der Waals surface area contributed by atoms with E-state index >= 15 is 0 Å².